The number of imide groups is 1. The molecule has 0 radical (unpaired) electrons. The Morgan fingerprint density at radius 1 is 0.757 bits per heavy atom. The summed E-state index contributed by atoms with van der Waals surface area (Å²) >= 11 is 0. The van der Waals surface area contributed by atoms with E-state index in [0.717, 1.165) is 44.3 Å². The Labute approximate surface area is 214 Å². The lowest BCUT2D eigenvalue weighted by atomic mass is 9.88. The van der Waals surface area contributed by atoms with E-state index in [1.807, 2.05) is 0 Å². The van der Waals surface area contributed by atoms with Crippen LogP contribution >= 0.6 is 0 Å². The third kappa shape index (κ3) is 5.50. The van der Waals surface area contributed by atoms with Crippen molar-refractivity contribution in [2.24, 2.45) is 0 Å². The minimum absolute atomic E-state index is 0.0190. The third-order valence-electron chi connectivity index (χ3n) is 6.43. The molecule has 0 bridgehead atoms. The maximum atomic E-state index is 13.6. The number of amides is 2. The molecule has 1 fully saturated rings. The van der Waals surface area contributed by atoms with Gasteiger partial charge in [-0.05, 0) is 37.1 Å². The molecule has 9 heteroatoms. The van der Waals surface area contributed by atoms with Crippen LogP contribution in [0.1, 0.15) is 52.8 Å². The maximum Gasteiger partial charge on any atom is 0.330 e. The van der Waals surface area contributed by atoms with E-state index in [2.05, 4.69) is 13.2 Å². The van der Waals surface area contributed by atoms with Crippen LogP contribution in [-0.4, -0.2) is 61.1 Å². The predicted octanol–water partition coefficient (Wildman–Crippen LogP) is 3.98. The highest BCUT2D eigenvalue weighted by Gasteiger charge is 2.39. The molecule has 0 spiro atoms. The van der Waals surface area contributed by atoms with E-state index in [1.165, 1.54) is 4.90 Å². The first-order valence-electron chi connectivity index (χ1n) is 12.3. The molecular weight excluding hydrogens is 478 g/mol. The van der Waals surface area contributed by atoms with Crippen molar-refractivity contribution in [2.75, 3.05) is 26.4 Å². The van der Waals surface area contributed by atoms with E-state index in [0.29, 0.717) is 33.4 Å². The molecule has 2 aromatic carbocycles. The van der Waals surface area contributed by atoms with Crippen LogP contribution in [0.25, 0.3) is 10.8 Å². The Balaban J connectivity index is 1.68. The largest absolute Gasteiger partial charge is 0.489 e. The molecule has 2 aromatic rings. The molecule has 4 rings (SSSR count). The third-order valence-corrected chi connectivity index (χ3v) is 6.43. The summed E-state index contributed by atoms with van der Waals surface area (Å²) in [7, 11) is 0. The molecule has 0 saturated heterocycles. The molecule has 1 saturated carbocycles. The van der Waals surface area contributed by atoms with Crippen molar-refractivity contribution in [3.63, 3.8) is 0 Å². The van der Waals surface area contributed by atoms with Crippen LogP contribution in [0.5, 0.6) is 11.5 Å². The van der Waals surface area contributed by atoms with Crippen LogP contribution in [0, 0.1) is 0 Å². The number of esters is 2. The molecule has 0 N–H and O–H groups in total. The Morgan fingerprint density at radius 3 is 1.70 bits per heavy atom. The fraction of sp³-hybridized carbons (Fsp3) is 0.357. The summed E-state index contributed by atoms with van der Waals surface area (Å²) in [6.07, 6.45) is 6.78. The van der Waals surface area contributed by atoms with Gasteiger partial charge >= 0.3 is 11.9 Å². The van der Waals surface area contributed by atoms with Gasteiger partial charge < -0.3 is 18.9 Å². The number of hydrogen-bond acceptors (Lipinski definition) is 8. The van der Waals surface area contributed by atoms with Crippen LogP contribution in [-0.2, 0) is 19.1 Å². The summed E-state index contributed by atoms with van der Waals surface area (Å²) in [6.45, 7) is 6.74. The molecule has 2 aliphatic rings. The van der Waals surface area contributed by atoms with Gasteiger partial charge in [-0.3, -0.25) is 14.5 Å². The van der Waals surface area contributed by atoms with Crippen LogP contribution in [0.15, 0.2) is 49.6 Å². The molecular formula is C28H29NO8. The summed E-state index contributed by atoms with van der Waals surface area (Å²) < 4.78 is 21.7. The zero-order valence-electron chi connectivity index (χ0n) is 20.5. The molecule has 0 aromatic heterocycles. The molecule has 2 amide bonds. The average molecular weight is 508 g/mol. The van der Waals surface area contributed by atoms with Gasteiger partial charge in [0.25, 0.3) is 11.8 Å². The summed E-state index contributed by atoms with van der Waals surface area (Å²) in [5, 5.41) is 0.897. The van der Waals surface area contributed by atoms with E-state index in [4.69, 9.17) is 18.9 Å². The number of nitrogens with zero attached hydrogens (tertiary/aromatic N) is 1. The first-order valence-corrected chi connectivity index (χ1v) is 12.3. The van der Waals surface area contributed by atoms with Crippen molar-refractivity contribution in [3.05, 3.63) is 60.7 Å². The Kier molecular flexibility index (Phi) is 8.22. The normalized spacial score (nSPS) is 15.3. The standard InChI is InChI=1S/C28H29NO8/c1-3-23(30)36-16-14-34-21-12-10-19-25-20(28(33)29(27(19)32)18-8-6-5-7-9-18)11-13-22(26(21)25)35-15-17-37-24(31)4-2/h3-4,10-13,18H,1-2,5-9,14-17H2. The number of carbonyl (C=O) groups is 4. The average Bonchev–Trinajstić information content (AvgIpc) is 2.92. The van der Waals surface area contributed by atoms with Crippen molar-refractivity contribution >= 4 is 34.5 Å². The SMILES string of the molecule is C=CC(=O)OCCOc1ccc2c3c(ccc(OCCOC(=O)C=C)c13)C(=O)N(C1CCCCC1)C2=O. The fourth-order valence-corrected chi connectivity index (χ4v) is 4.76. The van der Waals surface area contributed by atoms with Gasteiger partial charge in [0.1, 0.15) is 37.9 Å². The quantitative estimate of drug-likeness (QED) is 0.194. The van der Waals surface area contributed by atoms with Gasteiger partial charge in [-0.1, -0.05) is 32.4 Å². The van der Waals surface area contributed by atoms with E-state index < -0.39 is 11.9 Å². The predicted molar refractivity (Wildman–Crippen MR) is 135 cm³/mol. The van der Waals surface area contributed by atoms with Crippen molar-refractivity contribution in [3.8, 4) is 11.5 Å². The van der Waals surface area contributed by atoms with Gasteiger partial charge in [-0.2, -0.15) is 0 Å². The highest BCUT2D eigenvalue weighted by Crippen LogP contribution is 2.42. The Morgan fingerprint density at radius 2 is 1.24 bits per heavy atom. The molecule has 1 aliphatic carbocycles. The second kappa shape index (κ2) is 11.7. The van der Waals surface area contributed by atoms with Crippen LogP contribution in [0.3, 0.4) is 0 Å². The minimum Gasteiger partial charge on any atom is -0.489 e. The number of benzene rings is 2. The highest BCUT2D eigenvalue weighted by molar-refractivity contribution is 6.27. The first-order chi connectivity index (χ1) is 18.0. The smallest absolute Gasteiger partial charge is 0.330 e. The monoisotopic (exact) mass is 507 g/mol. The van der Waals surface area contributed by atoms with Gasteiger partial charge in [0.15, 0.2) is 0 Å². The van der Waals surface area contributed by atoms with Crippen molar-refractivity contribution in [2.45, 2.75) is 38.1 Å². The molecule has 1 aliphatic heterocycles. The van der Waals surface area contributed by atoms with Gasteiger partial charge in [-0.25, -0.2) is 9.59 Å². The van der Waals surface area contributed by atoms with Crippen molar-refractivity contribution < 1.29 is 38.1 Å². The highest BCUT2D eigenvalue weighted by atomic mass is 16.6. The molecule has 0 atom stereocenters. The van der Waals surface area contributed by atoms with E-state index in [1.54, 1.807) is 24.3 Å². The van der Waals surface area contributed by atoms with E-state index in [-0.39, 0.29) is 44.3 Å². The zero-order chi connectivity index (χ0) is 26.4. The Hall–Kier alpha value is -4.14. The first kappa shape index (κ1) is 25.9. The lowest BCUT2D eigenvalue weighted by Crippen LogP contribution is -2.47. The zero-order valence-corrected chi connectivity index (χ0v) is 20.5. The second-order valence-electron chi connectivity index (χ2n) is 8.68. The molecule has 194 valence electrons. The lowest BCUT2D eigenvalue weighted by molar-refractivity contribution is -0.139. The van der Waals surface area contributed by atoms with E-state index >= 15 is 0 Å². The summed E-state index contributed by atoms with van der Waals surface area (Å²) in [6, 6.07) is 6.47. The van der Waals surface area contributed by atoms with Gasteiger partial charge in [0, 0.05) is 34.7 Å². The molecule has 0 unspecified atom stereocenters. The van der Waals surface area contributed by atoms with Crippen molar-refractivity contribution in [1.29, 1.82) is 0 Å². The van der Waals surface area contributed by atoms with Crippen molar-refractivity contribution in [1.82, 2.24) is 4.90 Å². The summed E-state index contributed by atoms with van der Waals surface area (Å²) in [5.41, 5.74) is 0.785. The van der Waals surface area contributed by atoms with E-state index in [9.17, 15) is 19.2 Å². The lowest BCUT2D eigenvalue weighted by Gasteiger charge is -2.36. The molecule has 9 nitrogen and oxygen atoms in total. The number of carbonyl (C=O) groups excluding carboxylic acids is 4. The fourth-order valence-electron chi connectivity index (χ4n) is 4.76. The maximum absolute atomic E-state index is 13.6. The Bertz CT molecular complexity index is 1160. The second-order valence-corrected chi connectivity index (χ2v) is 8.68. The molecule has 37 heavy (non-hydrogen) atoms. The summed E-state index contributed by atoms with van der Waals surface area (Å²) in [5.74, 6) is -1.09. The van der Waals surface area contributed by atoms with Gasteiger partial charge in [0.05, 0.1) is 5.39 Å². The van der Waals surface area contributed by atoms with Gasteiger partial charge in [-0.15, -0.1) is 0 Å². The van der Waals surface area contributed by atoms with Crippen LogP contribution < -0.4 is 9.47 Å². The number of ether oxygens (including phenoxy) is 4. The van der Waals surface area contributed by atoms with Crippen LogP contribution in [0.4, 0.5) is 0 Å². The van der Waals surface area contributed by atoms with Gasteiger partial charge in [0.2, 0.25) is 0 Å². The molecule has 1 heterocycles. The number of rotatable bonds is 11. The van der Waals surface area contributed by atoms with Crippen LogP contribution in [0.2, 0.25) is 0 Å². The minimum atomic E-state index is -0.572. The summed E-state index contributed by atoms with van der Waals surface area (Å²) in [4.78, 5) is 51.2. The number of hydrogen-bond donors (Lipinski definition) is 0. The topological polar surface area (TPSA) is 108 Å².